The molecular weight excluding hydrogens is 244 g/mol. The highest BCUT2D eigenvalue weighted by molar-refractivity contribution is 7.98. The summed E-state index contributed by atoms with van der Waals surface area (Å²) in [5, 5.41) is 14.0. The van der Waals surface area contributed by atoms with Crippen LogP contribution in [0.4, 0.5) is 4.79 Å². The summed E-state index contributed by atoms with van der Waals surface area (Å²) in [6.45, 7) is 1.70. The number of ether oxygens (including phenoxy) is 1. The van der Waals surface area contributed by atoms with Gasteiger partial charge in [0, 0.05) is 6.54 Å². The van der Waals surface area contributed by atoms with Gasteiger partial charge in [-0.3, -0.25) is 0 Å². The van der Waals surface area contributed by atoms with Crippen molar-refractivity contribution in [1.82, 2.24) is 10.6 Å². The summed E-state index contributed by atoms with van der Waals surface area (Å²) >= 11 is 1.58. The lowest BCUT2D eigenvalue weighted by molar-refractivity contribution is -0.142. The van der Waals surface area contributed by atoms with Crippen LogP contribution < -0.4 is 10.6 Å². The molecule has 0 radical (unpaired) electrons. The third kappa shape index (κ3) is 7.87. The zero-order valence-electron chi connectivity index (χ0n) is 10.4. The number of methoxy groups -OCH3 is 1. The zero-order valence-corrected chi connectivity index (χ0v) is 11.2. The Morgan fingerprint density at radius 1 is 1.47 bits per heavy atom. The van der Waals surface area contributed by atoms with E-state index < -0.39 is 24.1 Å². The Balaban J connectivity index is 4.12. The first-order chi connectivity index (χ1) is 8.01. The minimum Gasteiger partial charge on any atom is -0.467 e. The number of aliphatic hydroxyl groups excluding tert-OH is 1. The van der Waals surface area contributed by atoms with Crippen LogP contribution in [0.5, 0.6) is 0 Å². The van der Waals surface area contributed by atoms with Crippen LogP contribution in [0.2, 0.25) is 0 Å². The van der Waals surface area contributed by atoms with Crippen LogP contribution in [0.3, 0.4) is 0 Å². The third-order valence-corrected chi connectivity index (χ3v) is 2.60. The lowest BCUT2D eigenvalue weighted by Gasteiger charge is -2.16. The van der Waals surface area contributed by atoms with Crippen molar-refractivity contribution in [3.8, 4) is 0 Å². The van der Waals surface area contributed by atoms with E-state index in [1.165, 1.54) is 7.11 Å². The summed E-state index contributed by atoms with van der Waals surface area (Å²) in [5.74, 6) is 0.280. The number of hydrogen-bond donors (Lipinski definition) is 3. The summed E-state index contributed by atoms with van der Waals surface area (Å²) in [4.78, 5) is 22.8. The number of nitrogens with one attached hydrogen (secondary N) is 2. The summed E-state index contributed by atoms with van der Waals surface area (Å²) in [6, 6.07) is -1.14. The molecule has 6 nitrogen and oxygen atoms in total. The average Bonchev–Trinajstić information content (AvgIpc) is 2.30. The van der Waals surface area contributed by atoms with E-state index in [0.717, 1.165) is 5.75 Å². The van der Waals surface area contributed by atoms with Gasteiger partial charge in [-0.1, -0.05) is 0 Å². The lowest BCUT2D eigenvalue weighted by Crippen LogP contribution is -2.48. The second-order valence-electron chi connectivity index (χ2n) is 3.56. The number of thioether (sulfide) groups is 1. The molecule has 0 aliphatic heterocycles. The van der Waals surface area contributed by atoms with Gasteiger partial charge in [0.05, 0.1) is 13.2 Å². The smallest absolute Gasteiger partial charge is 0.328 e. The van der Waals surface area contributed by atoms with Crippen molar-refractivity contribution in [2.24, 2.45) is 0 Å². The van der Waals surface area contributed by atoms with Crippen molar-refractivity contribution in [3.05, 3.63) is 0 Å². The van der Waals surface area contributed by atoms with E-state index >= 15 is 0 Å². The van der Waals surface area contributed by atoms with Gasteiger partial charge in [0.1, 0.15) is 6.04 Å². The van der Waals surface area contributed by atoms with Gasteiger partial charge in [-0.2, -0.15) is 11.8 Å². The molecule has 7 heteroatoms. The summed E-state index contributed by atoms with van der Waals surface area (Å²) < 4.78 is 4.60. The van der Waals surface area contributed by atoms with Crippen LogP contribution in [-0.2, 0) is 9.53 Å². The maximum atomic E-state index is 11.4. The number of hydrogen-bond acceptors (Lipinski definition) is 5. The van der Waals surface area contributed by atoms with Crippen molar-refractivity contribution in [3.63, 3.8) is 0 Å². The lowest BCUT2D eigenvalue weighted by atomic mass is 10.2. The molecule has 2 unspecified atom stereocenters. The Morgan fingerprint density at radius 2 is 2.12 bits per heavy atom. The molecule has 0 saturated heterocycles. The Kier molecular flexibility index (Phi) is 8.61. The van der Waals surface area contributed by atoms with E-state index in [9.17, 15) is 9.59 Å². The predicted octanol–water partition coefficient (Wildman–Crippen LogP) is -0.0389. The Hall–Kier alpha value is -0.950. The number of esters is 1. The van der Waals surface area contributed by atoms with E-state index in [2.05, 4.69) is 15.4 Å². The Labute approximate surface area is 105 Å². The summed E-state index contributed by atoms with van der Waals surface area (Å²) in [5.41, 5.74) is 0. The molecule has 0 aromatic heterocycles. The normalized spacial score (nSPS) is 13.6. The second-order valence-corrected chi connectivity index (χ2v) is 4.55. The van der Waals surface area contributed by atoms with Crippen LogP contribution in [-0.4, -0.2) is 54.9 Å². The highest BCUT2D eigenvalue weighted by atomic mass is 32.2. The standard InChI is InChI=1S/C10H20N2O4S/c1-7(13)6-11-10(15)12-8(4-5-17-3)9(14)16-2/h7-8,13H,4-6H2,1-3H3,(H2,11,12,15). The van der Waals surface area contributed by atoms with Crippen molar-refractivity contribution < 1.29 is 19.4 Å². The molecule has 2 atom stereocenters. The van der Waals surface area contributed by atoms with Crippen LogP contribution in [0, 0.1) is 0 Å². The minimum absolute atomic E-state index is 0.141. The maximum absolute atomic E-state index is 11.4. The molecular formula is C10H20N2O4S. The molecule has 17 heavy (non-hydrogen) atoms. The zero-order chi connectivity index (χ0) is 13.3. The fourth-order valence-electron chi connectivity index (χ4n) is 1.08. The first kappa shape index (κ1) is 16.1. The highest BCUT2D eigenvalue weighted by Crippen LogP contribution is 2.02. The number of carbonyl (C=O) groups is 2. The van der Waals surface area contributed by atoms with Gasteiger partial charge in [0.25, 0.3) is 0 Å². The van der Waals surface area contributed by atoms with Crippen LogP contribution in [0.15, 0.2) is 0 Å². The minimum atomic E-state index is -0.651. The number of amides is 2. The van der Waals surface area contributed by atoms with Crippen LogP contribution in [0.1, 0.15) is 13.3 Å². The Bertz CT molecular complexity index is 248. The molecule has 0 aromatic rings. The predicted molar refractivity (Wildman–Crippen MR) is 67.0 cm³/mol. The fourth-order valence-corrected chi connectivity index (χ4v) is 1.55. The number of aliphatic hydroxyl groups is 1. The van der Waals surface area contributed by atoms with E-state index in [1.54, 1.807) is 18.7 Å². The van der Waals surface area contributed by atoms with Crippen LogP contribution >= 0.6 is 11.8 Å². The van der Waals surface area contributed by atoms with Crippen molar-refractivity contribution in [1.29, 1.82) is 0 Å². The summed E-state index contributed by atoms with van der Waals surface area (Å²) in [6.07, 6.45) is 1.81. The van der Waals surface area contributed by atoms with Gasteiger partial charge in [-0.15, -0.1) is 0 Å². The van der Waals surface area contributed by atoms with Gasteiger partial charge in [0.2, 0.25) is 0 Å². The van der Waals surface area contributed by atoms with E-state index in [4.69, 9.17) is 5.11 Å². The number of rotatable bonds is 7. The molecule has 0 rings (SSSR count). The molecule has 100 valence electrons. The molecule has 0 saturated carbocycles. The highest BCUT2D eigenvalue weighted by Gasteiger charge is 2.20. The van der Waals surface area contributed by atoms with Gasteiger partial charge >= 0.3 is 12.0 Å². The average molecular weight is 264 g/mol. The third-order valence-electron chi connectivity index (χ3n) is 1.96. The molecule has 0 aromatic carbocycles. The SMILES string of the molecule is COC(=O)C(CCSC)NC(=O)NCC(C)O. The molecule has 0 fully saturated rings. The van der Waals surface area contributed by atoms with Gasteiger partial charge < -0.3 is 20.5 Å². The molecule has 0 spiro atoms. The molecule has 0 aliphatic carbocycles. The molecule has 3 N–H and O–H groups in total. The van der Waals surface area contributed by atoms with E-state index in [-0.39, 0.29) is 6.54 Å². The quantitative estimate of drug-likeness (QED) is 0.562. The first-order valence-electron chi connectivity index (χ1n) is 5.30. The monoisotopic (exact) mass is 264 g/mol. The van der Waals surface area contributed by atoms with Gasteiger partial charge in [-0.25, -0.2) is 9.59 Å². The van der Waals surface area contributed by atoms with Crippen molar-refractivity contribution in [2.45, 2.75) is 25.5 Å². The Morgan fingerprint density at radius 3 is 2.59 bits per heavy atom. The van der Waals surface area contributed by atoms with E-state index in [0.29, 0.717) is 6.42 Å². The van der Waals surface area contributed by atoms with Crippen molar-refractivity contribution in [2.75, 3.05) is 25.7 Å². The second kappa shape index (κ2) is 9.12. The first-order valence-corrected chi connectivity index (χ1v) is 6.69. The largest absolute Gasteiger partial charge is 0.467 e. The number of carbonyl (C=O) groups excluding carboxylic acids is 2. The molecule has 0 heterocycles. The molecule has 0 aliphatic rings. The van der Waals surface area contributed by atoms with Crippen molar-refractivity contribution >= 4 is 23.8 Å². The maximum Gasteiger partial charge on any atom is 0.328 e. The molecule has 0 bridgehead atoms. The van der Waals surface area contributed by atoms with Gasteiger partial charge in [0.15, 0.2) is 0 Å². The van der Waals surface area contributed by atoms with Crippen LogP contribution in [0.25, 0.3) is 0 Å². The van der Waals surface area contributed by atoms with Gasteiger partial charge in [-0.05, 0) is 25.4 Å². The fraction of sp³-hybridized carbons (Fsp3) is 0.800. The number of urea groups is 1. The molecule has 2 amide bonds. The topological polar surface area (TPSA) is 87.7 Å². The van der Waals surface area contributed by atoms with E-state index in [1.807, 2.05) is 6.26 Å². The summed E-state index contributed by atoms with van der Waals surface area (Å²) in [7, 11) is 1.28.